The molecular weight excluding hydrogens is 460 g/mol. The molecule has 0 radical (unpaired) electrons. The lowest BCUT2D eigenvalue weighted by molar-refractivity contribution is -0.145. The van der Waals surface area contributed by atoms with Crippen LogP contribution in [0.15, 0.2) is 30.3 Å². The van der Waals surface area contributed by atoms with Crippen LogP contribution in [0, 0.1) is 0 Å². The molecule has 0 aromatic heterocycles. The van der Waals surface area contributed by atoms with Gasteiger partial charge in [-0.2, -0.15) is 0 Å². The van der Waals surface area contributed by atoms with Crippen LogP contribution in [0.1, 0.15) is 45.2 Å². The Morgan fingerprint density at radius 3 is 2.26 bits per heavy atom. The van der Waals surface area contributed by atoms with Crippen molar-refractivity contribution in [1.82, 2.24) is 15.5 Å². The number of aliphatic hydroxyl groups is 1. The van der Waals surface area contributed by atoms with Crippen LogP contribution in [0.25, 0.3) is 0 Å². The van der Waals surface area contributed by atoms with Crippen molar-refractivity contribution in [3.63, 3.8) is 0 Å². The van der Waals surface area contributed by atoms with E-state index in [-0.39, 0.29) is 19.4 Å². The van der Waals surface area contributed by atoms with Crippen LogP contribution < -0.4 is 16.4 Å². The van der Waals surface area contributed by atoms with Crippen molar-refractivity contribution in [3.05, 3.63) is 35.9 Å². The number of hydrogen-bond acceptors (Lipinski definition) is 8. The van der Waals surface area contributed by atoms with Gasteiger partial charge in [0.25, 0.3) is 0 Å². The summed E-state index contributed by atoms with van der Waals surface area (Å²) in [5.41, 5.74) is 4.77. The van der Waals surface area contributed by atoms with Gasteiger partial charge in [-0.25, -0.2) is 4.79 Å². The first-order valence-corrected chi connectivity index (χ1v) is 11.0. The second-order valence-electron chi connectivity index (χ2n) is 8.57. The van der Waals surface area contributed by atoms with Crippen molar-refractivity contribution < 1.29 is 38.6 Å². The quantitative estimate of drug-likeness (QED) is 0.293. The minimum Gasteiger partial charge on any atom is -0.468 e. The molecule has 0 fully saturated rings. The number of amides is 4. The number of carbonyl (C=O) groups is 5. The fourth-order valence-corrected chi connectivity index (χ4v) is 3.10. The first-order valence-electron chi connectivity index (χ1n) is 11.0. The summed E-state index contributed by atoms with van der Waals surface area (Å²) in [5.74, 6) is -2.86. The normalized spacial score (nSPS) is 12.6. The monoisotopic (exact) mass is 494 g/mol. The van der Waals surface area contributed by atoms with Gasteiger partial charge < -0.3 is 35.8 Å². The van der Waals surface area contributed by atoms with Crippen LogP contribution >= 0.6 is 0 Å². The number of benzene rings is 1. The third-order valence-electron chi connectivity index (χ3n) is 4.60. The van der Waals surface area contributed by atoms with Crippen LogP contribution in [0.5, 0.6) is 0 Å². The van der Waals surface area contributed by atoms with Crippen molar-refractivity contribution in [2.24, 2.45) is 5.73 Å². The van der Waals surface area contributed by atoms with Crippen molar-refractivity contribution in [1.29, 1.82) is 0 Å². The van der Waals surface area contributed by atoms with Crippen LogP contribution in [0.3, 0.4) is 0 Å². The maximum atomic E-state index is 13.6. The van der Waals surface area contributed by atoms with Crippen molar-refractivity contribution >= 4 is 29.8 Å². The second kappa shape index (κ2) is 13.9. The minimum absolute atomic E-state index is 0.166. The summed E-state index contributed by atoms with van der Waals surface area (Å²) in [5, 5.41) is 14.5. The molecule has 0 saturated heterocycles. The van der Waals surface area contributed by atoms with Gasteiger partial charge in [-0.3, -0.25) is 19.2 Å². The molecular formula is C23H34N4O8. The molecule has 12 nitrogen and oxygen atoms in total. The topological polar surface area (TPSA) is 177 Å². The summed E-state index contributed by atoms with van der Waals surface area (Å²) >= 11 is 0. The van der Waals surface area contributed by atoms with Gasteiger partial charge in [0, 0.05) is 13.0 Å². The first-order chi connectivity index (χ1) is 16.4. The number of primary amides is 1. The van der Waals surface area contributed by atoms with E-state index in [1.807, 2.05) is 0 Å². The third-order valence-corrected chi connectivity index (χ3v) is 4.60. The highest BCUT2D eigenvalue weighted by atomic mass is 16.6. The molecule has 4 amide bonds. The van der Waals surface area contributed by atoms with E-state index in [4.69, 9.17) is 10.5 Å². The number of nitrogens with two attached hydrogens (primary N) is 1. The molecule has 1 rings (SSSR count). The molecule has 1 aromatic carbocycles. The van der Waals surface area contributed by atoms with Crippen molar-refractivity contribution in [2.45, 2.75) is 51.3 Å². The van der Waals surface area contributed by atoms with E-state index in [2.05, 4.69) is 15.4 Å². The van der Waals surface area contributed by atoms with Gasteiger partial charge in [-0.15, -0.1) is 0 Å². The zero-order valence-corrected chi connectivity index (χ0v) is 20.4. The zero-order chi connectivity index (χ0) is 26.6. The lowest BCUT2D eigenvalue weighted by Gasteiger charge is -2.34. The number of methoxy groups -OCH3 is 1. The van der Waals surface area contributed by atoms with Crippen molar-refractivity contribution in [3.8, 4) is 0 Å². The average molecular weight is 495 g/mol. The van der Waals surface area contributed by atoms with Gasteiger partial charge in [0.1, 0.15) is 24.2 Å². The van der Waals surface area contributed by atoms with E-state index >= 15 is 0 Å². The van der Waals surface area contributed by atoms with Gasteiger partial charge in [-0.1, -0.05) is 30.3 Å². The van der Waals surface area contributed by atoms with Crippen molar-refractivity contribution in [2.75, 3.05) is 26.8 Å². The molecule has 0 saturated carbocycles. The number of aliphatic hydroxyl groups excluding tert-OH is 1. The second-order valence-corrected chi connectivity index (χ2v) is 8.57. The molecule has 5 N–H and O–H groups in total. The van der Waals surface area contributed by atoms with E-state index in [0.717, 1.165) is 12.0 Å². The summed E-state index contributed by atoms with van der Waals surface area (Å²) in [6.07, 6.45) is -1.31. The highest BCUT2D eigenvalue weighted by molar-refractivity contribution is 5.93. The van der Waals surface area contributed by atoms with Gasteiger partial charge in [-0.05, 0) is 32.8 Å². The molecule has 0 bridgehead atoms. The molecule has 0 spiro atoms. The van der Waals surface area contributed by atoms with Crippen LogP contribution in [0.2, 0.25) is 0 Å². The molecule has 2 atom stereocenters. The summed E-state index contributed by atoms with van der Waals surface area (Å²) in [6, 6.07) is 5.66. The number of esters is 1. The van der Waals surface area contributed by atoms with Gasteiger partial charge in [0.2, 0.25) is 17.7 Å². The fourth-order valence-electron chi connectivity index (χ4n) is 3.10. The number of hydrogen-bond donors (Lipinski definition) is 4. The first kappa shape index (κ1) is 29.4. The number of ether oxygens (including phenoxy) is 2. The van der Waals surface area contributed by atoms with Crippen LogP contribution in [0.4, 0.5) is 4.79 Å². The smallest absolute Gasteiger partial charge is 0.408 e. The Kier molecular flexibility index (Phi) is 11.7. The number of nitrogens with one attached hydrogen (secondary N) is 2. The highest BCUT2D eigenvalue weighted by Gasteiger charge is 2.36. The van der Waals surface area contributed by atoms with Gasteiger partial charge in [0.05, 0.1) is 13.7 Å². The average Bonchev–Trinajstić information content (AvgIpc) is 2.78. The lowest BCUT2D eigenvalue weighted by atomic mass is 10.0. The number of nitrogens with zero attached hydrogens (tertiary/aromatic N) is 1. The largest absolute Gasteiger partial charge is 0.468 e. The van der Waals surface area contributed by atoms with Crippen LogP contribution in [-0.2, 0) is 28.7 Å². The number of alkyl carbamates (subject to hydrolysis) is 1. The van der Waals surface area contributed by atoms with Crippen LogP contribution in [-0.4, -0.2) is 78.2 Å². The maximum absolute atomic E-state index is 13.6. The predicted molar refractivity (Wildman–Crippen MR) is 125 cm³/mol. The summed E-state index contributed by atoms with van der Waals surface area (Å²) < 4.78 is 9.76. The van der Waals surface area contributed by atoms with E-state index < -0.39 is 60.6 Å². The van der Waals surface area contributed by atoms with E-state index in [1.165, 1.54) is 0 Å². The van der Waals surface area contributed by atoms with Gasteiger partial charge in [0.15, 0.2) is 0 Å². The Balaban J connectivity index is 3.35. The van der Waals surface area contributed by atoms with Gasteiger partial charge >= 0.3 is 12.1 Å². The Hall–Kier alpha value is -3.67. The highest BCUT2D eigenvalue weighted by Crippen LogP contribution is 2.23. The van der Waals surface area contributed by atoms with E-state index in [0.29, 0.717) is 5.56 Å². The third kappa shape index (κ3) is 10.4. The zero-order valence-electron chi connectivity index (χ0n) is 20.4. The molecule has 12 heteroatoms. The fraction of sp³-hybridized carbons (Fsp3) is 0.522. The lowest BCUT2D eigenvalue weighted by Crippen LogP contribution is -2.54. The SMILES string of the molecule is COC(=O)CNC(=O)C(c1ccccc1)N(CCO)C(=O)C(CCC(N)=O)NC(=O)OC(C)(C)C. The Morgan fingerprint density at radius 1 is 1.11 bits per heavy atom. The predicted octanol–water partition coefficient (Wildman–Crippen LogP) is -0.00340. The Morgan fingerprint density at radius 2 is 1.74 bits per heavy atom. The molecule has 35 heavy (non-hydrogen) atoms. The summed E-state index contributed by atoms with van der Waals surface area (Å²) in [4.78, 5) is 63.0. The van der Waals surface area contributed by atoms with E-state index in [9.17, 15) is 29.1 Å². The Bertz CT molecular complexity index is 885. The molecule has 2 unspecified atom stereocenters. The molecule has 0 heterocycles. The van der Waals surface area contributed by atoms with E-state index in [1.54, 1.807) is 51.1 Å². The number of carbonyl (C=O) groups excluding carboxylic acids is 5. The number of rotatable bonds is 12. The molecule has 194 valence electrons. The Labute approximate surface area is 204 Å². The molecule has 0 aliphatic heterocycles. The maximum Gasteiger partial charge on any atom is 0.408 e. The summed E-state index contributed by atoms with van der Waals surface area (Å²) in [6.45, 7) is 3.69. The summed E-state index contributed by atoms with van der Waals surface area (Å²) in [7, 11) is 1.16. The molecule has 0 aliphatic rings. The molecule has 0 aliphatic carbocycles. The standard InChI is InChI=1S/C23H34N4O8/c1-23(2,3)35-22(33)26-16(10-11-17(24)29)21(32)27(12-13-28)19(15-8-6-5-7-9-15)20(31)25-14-18(30)34-4/h5-9,16,19,28H,10-14H2,1-4H3,(H2,24,29)(H,25,31)(H,26,33). The molecule has 1 aromatic rings. The minimum atomic E-state index is -1.29.